The standard InChI is InChI=1S/C20H28O3S.C4H8/c1-6-18(24-13-9-10-19(22)23-5)20(7-2,8-3)16-11-12-17(21)15(4)14-16;1-3-4-2/h6,9-12,14,21H,7-8,13H2,1-5H3;3-4H,1-2H3/b10-9+,18-6-;4-3-. The van der Waals surface area contributed by atoms with Gasteiger partial charge in [-0.15, -0.1) is 11.8 Å². The van der Waals surface area contributed by atoms with Crippen molar-refractivity contribution < 1.29 is 14.6 Å². The Balaban J connectivity index is 0.00000165. The molecule has 0 radical (unpaired) electrons. The van der Waals surface area contributed by atoms with Gasteiger partial charge in [0, 0.05) is 17.2 Å². The number of hydrogen-bond acceptors (Lipinski definition) is 4. The van der Waals surface area contributed by atoms with E-state index in [0.29, 0.717) is 11.5 Å². The maximum Gasteiger partial charge on any atom is 0.330 e. The Labute approximate surface area is 175 Å². The van der Waals surface area contributed by atoms with E-state index in [9.17, 15) is 9.90 Å². The molecule has 0 atom stereocenters. The third-order valence-corrected chi connectivity index (χ3v) is 6.11. The van der Waals surface area contributed by atoms with Gasteiger partial charge in [0.1, 0.15) is 5.75 Å². The van der Waals surface area contributed by atoms with E-state index in [0.717, 1.165) is 18.4 Å². The van der Waals surface area contributed by atoms with Gasteiger partial charge in [0.05, 0.1) is 7.11 Å². The number of benzene rings is 1. The second kappa shape index (κ2) is 14.1. The molecule has 0 saturated carbocycles. The van der Waals surface area contributed by atoms with Crippen molar-refractivity contribution >= 4 is 17.7 Å². The van der Waals surface area contributed by atoms with Gasteiger partial charge < -0.3 is 9.84 Å². The van der Waals surface area contributed by atoms with E-state index >= 15 is 0 Å². The lowest BCUT2D eigenvalue weighted by molar-refractivity contribution is -0.134. The summed E-state index contributed by atoms with van der Waals surface area (Å²) >= 11 is 1.74. The molecule has 1 rings (SSSR count). The Bertz CT molecular complexity index is 679. The largest absolute Gasteiger partial charge is 0.508 e. The van der Waals surface area contributed by atoms with Crippen LogP contribution in [-0.2, 0) is 14.9 Å². The summed E-state index contributed by atoms with van der Waals surface area (Å²) in [5.41, 5.74) is 2.04. The van der Waals surface area contributed by atoms with Crippen molar-refractivity contribution in [1.82, 2.24) is 0 Å². The van der Waals surface area contributed by atoms with Crippen molar-refractivity contribution in [2.45, 2.75) is 59.8 Å². The second-order valence-electron chi connectivity index (χ2n) is 6.35. The molecule has 156 valence electrons. The van der Waals surface area contributed by atoms with Crippen LogP contribution in [0.2, 0.25) is 0 Å². The lowest BCUT2D eigenvalue weighted by Gasteiger charge is -2.35. The fourth-order valence-corrected chi connectivity index (χ4v) is 4.17. The number of thioether (sulfide) groups is 1. The number of ether oxygens (including phenoxy) is 1. The summed E-state index contributed by atoms with van der Waals surface area (Å²) in [4.78, 5) is 12.5. The number of carbonyl (C=O) groups excluding carboxylic acids is 1. The minimum absolute atomic E-state index is 0.0724. The molecule has 0 aliphatic heterocycles. The first-order valence-electron chi connectivity index (χ1n) is 9.78. The zero-order valence-corrected chi connectivity index (χ0v) is 19.2. The number of hydrogen-bond donors (Lipinski definition) is 1. The van der Waals surface area contributed by atoms with Crippen LogP contribution in [0.1, 0.15) is 58.6 Å². The van der Waals surface area contributed by atoms with Gasteiger partial charge in [-0.05, 0) is 62.6 Å². The summed E-state index contributed by atoms with van der Waals surface area (Å²) in [6.45, 7) is 12.4. The van der Waals surface area contributed by atoms with Crippen molar-refractivity contribution in [2.75, 3.05) is 12.9 Å². The molecule has 0 amide bonds. The maximum atomic E-state index is 11.2. The lowest BCUT2D eigenvalue weighted by Crippen LogP contribution is -2.26. The molecule has 0 spiro atoms. The van der Waals surface area contributed by atoms with E-state index in [4.69, 9.17) is 0 Å². The van der Waals surface area contributed by atoms with Crippen molar-refractivity contribution in [3.63, 3.8) is 0 Å². The van der Waals surface area contributed by atoms with Gasteiger partial charge in [0.15, 0.2) is 0 Å². The topological polar surface area (TPSA) is 46.5 Å². The lowest BCUT2D eigenvalue weighted by atomic mass is 9.75. The first-order valence-corrected chi connectivity index (χ1v) is 10.8. The first kappa shape index (κ1) is 26.1. The molecule has 0 bridgehead atoms. The first-order chi connectivity index (χ1) is 13.4. The van der Waals surface area contributed by atoms with Crippen LogP contribution in [0.25, 0.3) is 0 Å². The Morgan fingerprint density at radius 2 is 1.79 bits per heavy atom. The number of phenolic OH excluding ortho intramolecular Hbond substituents is 1. The van der Waals surface area contributed by atoms with E-state index in [-0.39, 0.29) is 11.4 Å². The van der Waals surface area contributed by atoms with Gasteiger partial charge in [-0.3, -0.25) is 0 Å². The number of carbonyl (C=O) groups is 1. The Morgan fingerprint density at radius 1 is 1.18 bits per heavy atom. The number of aryl methyl sites for hydroxylation is 1. The highest BCUT2D eigenvalue weighted by atomic mass is 32.2. The number of phenols is 1. The number of esters is 1. The zero-order chi connectivity index (χ0) is 21.6. The molecule has 3 nitrogen and oxygen atoms in total. The normalized spacial score (nSPS) is 12.2. The van der Waals surface area contributed by atoms with E-state index in [1.165, 1.54) is 23.7 Å². The van der Waals surface area contributed by atoms with Crippen LogP contribution in [-0.4, -0.2) is 23.9 Å². The van der Waals surface area contributed by atoms with Crippen molar-refractivity contribution in [1.29, 1.82) is 0 Å². The summed E-state index contributed by atoms with van der Waals surface area (Å²) in [7, 11) is 1.38. The number of rotatable bonds is 8. The molecule has 1 aromatic rings. The SMILES string of the molecule is C/C=C(\SC/C=C/C(=O)OC)C(CC)(CC)c1ccc(O)c(C)c1.C/C=C\C. The van der Waals surface area contributed by atoms with Gasteiger partial charge in [-0.25, -0.2) is 4.79 Å². The molecule has 0 fully saturated rings. The molecule has 1 N–H and O–H groups in total. The quantitative estimate of drug-likeness (QED) is 0.297. The van der Waals surface area contributed by atoms with Gasteiger partial charge in [0.2, 0.25) is 0 Å². The van der Waals surface area contributed by atoms with Crippen molar-refractivity contribution in [3.8, 4) is 5.75 Å². The van der Waals surface area contributed by atoms with E-state index in [2.05, 4.69) is 37.7 Å². The van der Waals surface area contributed by atoms with Crippen LogP contribution >= 0.6 is 11.8 Å². The van der Waals surface area contributed by atoms with Crippen LogP contribution in [0.4, 0.5) is 0 Å². The highest BCUT2D eigenvalue weighted by Crippen LogP contribution is 2.45. The third kappa shape index (κ3) is 7.59. The van der Waals surface area contributed by atoms with Gasteiger partial charge in [-0.1, -0.05) is 50.3 Å². The number of aromatic hydroxyl groups is 1. The summed E-state index contributed by atoms with van der Waals surface area (Å²) < 4.78 is 4.61. The molecule has 0 saturated heterocycles. The molecule has 0 aliphatic rings. The molecule has 0 aliphatic carbocycles. The summed E-state index contributed by atoms with van der Waals surface area (Å²) in [6, 6.07) is 5.88. The third-order valence-electron chi connectivity index (χ3n) is 4.81. The molecule has 0 unspecified atom stereocenters. The van der Waals surface area contributed by atoms with Crippen LogP contribution < -0.4 is 0 Å². The highest BCUT2D eigenvalue weighted by molar-refractivity contribution is 8.03. The van der Waals surface area contributed by atoms with Crippen LogP contribution in [0, 0.1) is 6.92 Å². The molecule has 28 heavy (non-hydrogen) atoms. The smallest absolute Gasteiger partial charge is 0.330 e. The van der Waals surface area contributed by atoms with Gasteiger partial charge in [0.25, 0.3) is 0 Å². The van der Waals surface area contributed by atoms with E-state index < -0.39 is 0 Å². The van der Waals surface area contributed by atoms with Crippen molar-refractivity contribution in [3.05, 3.63) is 64.6 Å². The Kier molecular flexibility index (Phi) is 13.1. The predicted molar refractivity (Wildman–Crippen MR) is 123 cm³/mol. The summed E-state index contributed by atoms with van der Waals surface area (Å²) in [6.07, 6.45) is 11.4. The average molecular weight is 405 g/mol. The Hall–Kier alpha value is -1.94. The molecule has 0 aromatic heterocycles. The van der Waals surface area contributed by atoms with Gasteiger partial charge in [-0.2, -0.15) is 0 Å². The molecule has 1 aromatic carbocycles. The van der Waals surface area contributed by atoms with Gasteiger partial charge >= 0.3 is 5.97 Å². The molecular formula is C24H36O3S. The Morgan fingerprint density at radius 3 is 2.21 bits per heavy atom. The van der Waals surface area contributed by atoms with E-state index in [1.54, 1.807) is 17.8 Å². The second-order valence-corrected chi connectivity index (χ2v) is 7.41. The minimum Gasteiger partial charge on any atom is -0.508 e. The summed E-state index contributed by atoms with van der Waals surface area (Å²) in [5.74, 6) is 0.715. The molecule has 4 heteroatoms. The average Bonchev–Trinajstić information content (AvgIpc) is 2.72. The number of methoxy groups -OCH3 is 1. The van der Waals surface area contributed by atoms with Crippen LogP contribution in [0.15, 0.2) is 53.5 Å². The highest BCUT2D eigenvalue weighted by Gasteiger charge is 2.32. The summed E-state index contributed by atoms with van der Waals surface area (Å²) in [5, 5.41) is 9.83. The zero-order valence-electron chi connectivity index (χ0n) is 18.4. The number of allylic oxidation sites excluding steroid dienone is 4. The van der Waals surface area contributed by atoms with Crippen LogP contribution in [0.5, 0.6) is 5.75 Å². The predicted octanol–water partition coefficient (Wildman–Crippen LogP) is 6.71. The fourth-order valence-electron chi connectivity index (χ4n) is 2.95. The monoisotopic (exact) mass is 404 g/mol. The van der Waals surface area contributed by atoms with Crippen molar-refractivity contribution in [2.24, 2.45) is 0 Å². The van der Waals surface area contributed by atoms with Crippen LogP contribution in [0.3, 0.4) is 0 Å². The minimum atomic E-state index is -0.330. The molecular weight excluding hydrogens is 368 g/mol. The maximum absolute atomic E-state index is 11.2. The molecule has 0 heterocycles. The fraction of sp³-hybridized carbons (Fsp3) is 0.458. The van der Waals surface area contributed by atoms with E-state index in [1.807, 2.05) is 45.1 Å².